The van der Waals surface area contributed by atoms with E-state index in [2.05, 4.69) is 27.2 Å². The van der Waals surface area contributed by atoms with Crippen molar-refractivity contribution in [3.8, 4) is 5.75 Å². The minimum absolute atomic E-state index is 0.0479. The zero-order valence-corrected chi connectivity index (χ0v) is 13.8. The van der Waals surface area contributed by atoms with Crippen molar-refractivity contribution in [2.45, 2.75) is 31.7 Å². The number of carbonyl (C=O) groups excluding carboxylic acids is 1. The molecular weight excluding hydrogens is 308 g/mol. The molecule has 1 amide bonds. The van der Waals surface area contributed by atoms with Crippen LogP contribution in [0.3, 0.4) is 0 Å². The van der Waals surface area contributed by atoms with Gasteiger partial charge in [0, 0.05) is 0 Å². The Labute approximate surface area is 140 Å². The number of aryl methyl sites for hydroxylation is 1. The predicted molar refractivity (Wildman–Crippen MR) is 87.7 cm³/mol. The van der Waals surface area contributed by atoms with E-state index in [0.29, 0.717) is 5.89 Å². The highest BCUT2D eigenvalue weighted by Gasteiger charge is 2.30. The smallest absolute Gasteiger partial charge is 0.290 e. The Morgan fingerprint density at radius 3 is 3.12 bits per heavy atom. The summed E-state index contributed by atoms with van der Waals surface area (Å²) in [6.45, 7) is 1.94. The monoisotopic (exact) mass is 330 g/mol. The van der Waals surface area contributed by atoms with Gasteiger partial charge < -0.3 is 15.0 Å². The topological polar surface area (TPSA) is 94.5 Å². The van der Waals surface area contributed by atoms with Crippen molar-refractivity contribution < 1.29 is 14.1 Å². The lowest BCUT2D eigenvalue weighted by Gasteiger charge is -2.21. The van der Waals surface area contributed by atoms with Crippen molar-refractivity contribution in [2.75, 3.05) is 20.2 Å². The normalized spacial score (nSPS) is 18.0. The van der Waals surface area contributed by atoms with E-state index < -0.39 is 5.91 Å². The standard InChI is InChI=1S/C17H22N4O3/c1-23-13-7-2-5-12(11-13)6-3-9-21-10-4-8-14(21)17-19-16(15(18)22)20-24-17/h2,5,7,11,14H,3-4,6,8-10H2,1H3,(H2,18,22)/t14-/m1/s1. The highest BCUT2D eigenvalue weighted by atomic mass is 16.5. The van der Waals surface area contributed by atoms with E-state index in [0.717, 1.165) is 44.5 Å². The molecule has 7 heteroatoms. The van der Waals surface area contributed by atoms with E-state index in [9.17, 15) is 4.79 Å². The Morgan fingerprint density at radius 1 is 1.50 bits per heavy atom. The number of benzene rings is 1. The molecule has 1 aliphatic rings. The van der Waals surface area contributed by atoms with E-state index in [4.69, 9.17) is 15.0 Å². The summed E-state index contributed by atoms with van der Waals surface area (Å²) in [5, 5.41) is 3.64. The zero-order chi connectivity index (χ0) is 16.9. The number of likely N-dealkylation sites (tertiary alicyclic amines) is 1. The van der Waals surface area contributed by atoms with Crippen LogP contribution < -0.4 is 10.5 Å². The number of methoxy groups -OCH3 is 1. The Balaban J connectivity index is 1.56. The van der Waals surface area contributed by atoms with Crippen molar-refractivity contribution in [1.29, 1.82) is 0 Å². The van der Waals surface area contributed by atoms with Gasteiger partial charge in [0.1, 0.15) is 5.75 Å². The average Bonchev–Trinajstić information content (AvgIpc) is 3.24. The van der Waals surface area contributed by atoms with Gasteiger partial charge in [-0.05, 0) is 56.5 Å². The Kier molecular flexibility index (Phi) is 5.10. The summed E-state index contributed by atoms with van der Waals surface area (Å²) in [7, 11) is 1.68. The maximum Gasteiger partial charge on any atom is 0.290 e. The quantitative estimate of drug-likeness (QED) is 0.834. The lowest BCUT2D eigenvalue weighted by molar-refractivity contribution is 0.0987. The molecule has 1 aromatic carbocycles. The molecule has 1 atom stereocenters. The molecule has 7 nitrogen and oxygen atoms in total. The molecule has 1 fully saturated rings. The van der Waals surface area contributed by atoms with Crippen molar-refractivity contribution in [3.05, 3.63) is 41.5 Å². The molecule has 0 unspecified atom stereocenters. The van der Waals surface area contributed by atoms with E-state index in [1.165, 1.54) is 5.56 Å². The van der Waals surface area contributed by atoms with E-state index in [1.807, 2.05) is 12.1 Å². The van der Waals surface area contributed by atoms with Gasteiger partial charge in [-0.2, -0.15) is 4.98 Å². The predicted octanol–water partition coefficient (Wildman–Crippen LogP) is 1.95. The molecule has 1 aromatic heterocycles. The molecule has 3 rings (SSSR count). The molecule has 2 aromatic rings. The van der Waals surface area contributed by atoms with Gasteiger partial charge in [-0.15, -0.1) is 0 Å². The third-order valence-corrected chi connectivity index (χ3v) is 4.36. The fraction of sp³-hybridized carbons (Fsp3) is 0.471. The van der Waals surface area contributed by atoms with Gasteiger partial charge in [-0.1, -0.05) is 17.3 Å². The lowest BCUT2D eigenvalue weighted by atomic mass is 10.1. The summed E-state index contributed by atoms with van der Waals surface area (Å²) in [6.07, 6.45) is 4.05. The summed E-state index contributed by atoms with van der Waals surface area (Å²) >= 11 is 0. The molecule has 0 spiro atoms. The first-order valence-corrected chi connectivity index (χ1v) is 8.18. The minimum atomic E-state index is -0.660. The average molecular weight is 330 g/mol. The zero-order valence-electron chi connectivity index (χ0n) is 13.8. The number of ether oxygens (including phenoxy) is 1. The summed E-state index contributed by atoms with van der Waals surface area (Å²) < 4.78 is 10.5. The van der Waals surface area contributed by atoms with Crippen LogP contribution in [0, 0.1) is 0 Å². The van der Waals surface area contributed by atoms with E-state index in [-0.39, 0.29) is 11.9 Å². The van der Waals surface area contributed by atoms with Gasteiger partial charge in [0.05, 0.1) is 13.2 Å². The maximum atomic E-state index is 11.1. The lowest BCUT2D eigenvalue weighted by Crippen LogP contribution is -2.25. The molecule has 0 radical (unpaired) electrons. The number of nitrogens with zero attached hydrogens (tertiary/aromatic N) is 3. The van der Waals surface area contributed by atoms with Crippen LogP contribution in [0.15, 0.2) is 28.8 Å². The second kappa shape index (κ2) is 7.44. The van der Waals surface area contributed by atoms with Crippen molar-refractivity contribution in [3.63, 3.8) is 0 Å². The second-order valence-corrected chi connectivity index (χ2v) is 5.97. The van der Waals surface area contributed by atoms with Gasteiger partial charge in [0.15, 0.2) is 0 Å². The molecule has 2 heterocycles. The van der Waals surface area contributed by atoms with Crippen LogP contribution in [0.1, 0.15) is 47.4 Å². The van der Waals surface area contributed by atoms with E-state index in [1.54, 1.807) is 7.11 Å². The number of hydrogen-bond donors (Lipinski definition) is 1. The molecule has 0 saturated carbocycles. The molecule has 0 aliphatic carbocycles. The van der Waals surface area contributed by atoms with Crippen LogP contribution in [0.4, 0.5) is 0 Å². The SMILES string of the molecule is COc1cccc(CCCN2CCC[C@@H]2c2nc(C(N)=O)no2)c1. The molecule has 1 saturated heterocycles. The van der Waals surface area contributed by atoms with Crippen LogP contribution in [-0.4, -0.2) is 41.1 Å². The van der Waals surface area contributed by atoms with Gasteiger partial charge in [-0.25, -0.2) is 0 Å². The number of amides is 1. The first kappa shape index (κ1) is 16.4. The van der Waals surface area contributed by atoms with Gasteiger partial charge >= 0.3 is 0 Å². The van der Waals surface area contributed by atoms with Crippen LogP contribution in [0.25, 0.3) is 0 Å². The number of primary amides is 1. The fourth-order valence-corrected chi connectivity index (χ4v) is 3.16. The summed E-state index contributed by atoms with van der Waals surface area (Å²) in [6, 6.07) is 8.22. The number of nitrogens with two attached hydrogens (primary N) is 1. The summed E-state index contributed by atoms with van der Waals surface area (Å²) in [5.41, 5.74) is 6.44. The first-order chi connectivity index (χ1) is 11.7. The van der Waals surface area contributed by atoms with Crippen molar-refractivity contribution >= 4 is 5.91 Å². The van der Waals surface area contributed by atoms with Gasteiger partial charge in [0.25, 0.3) is 11.7 Å². The summed E-state index contributed by atoms with van der Waals surface area (Å²) in [5.74, 6) is 0.667. The fourth-order valence-electron chi connectivity index (χ4n) is 3.16. The number of aromatic nitrogens is 2. The Morgan fingerprint density at radius 2 is 2.38 bits per heavy atom. The third kappa shape index (κ3) is 3.73. The number of carbonyl (C=O) groups is 1. The highest BCUT2D eigenvalue weighted by Crippen LogP contribution is 2.31. The maximum absolute atomic E-state index is 11.1. The number of hydrogen-bond acceptors (Lipinski definition) is 6. The molecule has 24 heavy (non-hydrogen) atoms. The first-order valence-electron chi connectivity index (χ1n) is 8.18. The molecule has 128 valence electrons. The second-order valence-electron chi connectivity index (χ2n) is 5.97. The van der Waals surface area contributed by atoms with Crippen LogP contribution >= 0.6 is 0 Å². The molecule has 1 aliphatic heterocycles. The number of rotatable bonds is 7. The Bertz CT molecular complexity index is 701. The third-order valence-electron chi connectivity index (χ3n) is 4.36. The van der Waals surface area contributed by atoms with Crippen LogP contribution in [0.5, 0.6) is 5.75 Å². The van der Waals surface area contributed by atoms with Gasteiger partial charge in [-0.3, -0.25) is 9.69 Å². The minimum Gasteiger partial charge on any atom is -0.497 e. The van der Waals surface area contributed by atoms with Crippen LogP contribution in [-0.2, 0) is 6.42 Å². The Hall–Kier alpha value is -2.41. The largest absolute Gasteiger partial charge is 0.497 e. The molecule has 2 N–H and O–H groups in total. The summed E-state index contributed by atoms with van der Waals surface area (Å²) in [4.78, 5) is 17.6. The van der Waals surface area contributed by atoms with Crippen molar-refractivity contribution in [2.24, 2.45) is 5.73 Å². The molecular formula is C17H22N4O3. The van der Waals surface area contributed by atoms with Crippen LogP contribution in [0.2, 0.25) is 0 Å². The molecule has 0 bridgehead atoms. The van der Waals surface area contributed by atoms with Crippen molar-refractivity contribution in [1.82, 2.24) is 15.0 Å². The van der Waals surface area contributed by atoms with Gasteiger partial charge in [0.2, 0.25) is 5.89 Å². The van der Waals surface area contributed by atoms with E-state index >= 15 is 0 Å². The highest BCUT2D eigenvalue weighted by molar-refractivity contribution is 5.88.